The maximum atomic E-state index is 11.8. The molecule has 0 atom stereocenters. The molecule has 17 heavy (non-hydrogen) atoms. The molecule has 90 valence electrons. The van der Waals surface area contributed by atoms with Gasteiger partial charge < -0.3 is 10.4 Å². The molecular weight excluding hydrogens is 244 g/mol. The summed E-state index contributed by atoms with van der Waals surface area (Å²) in [5, 5.41) is 11.3. The van der Waals surface area contributed by atoms with E-state index in [0.717, 1.165) is 5.56 Å². The molecule has 0 unspecified atom stereocenters. The zero-order valence-corrected chi connectivity index (χ0v) is 10.00. The SMILES string of the molecule is Cc1cc(C)c2c(c1)NC(C(=O)O)=NS2(=O)=O. The van der Waals surface area contributed by atoms with Crippen molar-refractivity contribution in [2.45, 2.75) is 18.7 Å². The number of aliphatic carboxylic acids is 1. The summed E-state index contributed by atoms with van der Waals surface area (Å²) in [4.78, 5) is 10.8. The van der Waals surface area contributed by atoms with E-state index in [1.807, 2.05) is 0 Å². The van der Waals surface area contributed by atoms with Crippen molar-refractivity contribution in [2.75, 3.05) is 5.32 Å². The number of sulfonamides is 1. The van der Waals surface area contributed by atoms with Gasteiger partial charge in [0.2, 0.25) is 5.84 Å². The Morgan fingerprint density at radius 1 is 1.35 bits per heavy atom. The van der Waals surface area contributed by atoms with Crippen molar-refractivity contribution in [3.05, 3.63) is 23.3 Å². The minimum atomic E-state index is -3.94. The second-order valence-corrected chi connectivity index (χ2v) is 5.34. The minimum absolute atomic E-state index is 0.0353. The highest BCUT2D eigenvalue weighted by Crippen LogP contribution is 2.31. The first kappa shape index (κ1) is 11.6. The van der Waals surface area contributed by atoms with Crippen LogP contribution in [-0.2, 0) is 14.8 Å². The molecule has 0 saturated heterocycles. The lowest BCUT2D eigenvalue weighted by molar-refractivity contribution is -0.129. The van der Waals surface area contributed by atoms with Gasteiger partial charge in [-0.1, -0.05) is 6.07 Å². The van der Waals surface area contributed by atoms with Gasteiger partial charge in [-0.25, -0.2) is 4.79 Å². The van der Waals surface area contributed by atoms with E-state index < -0.39 is 21.8 Å². The second kappa shape index (κ2) is 3.56. The molecule has 0 aliphatic carbocycles. The first-order valence-corrected chi connectivity index (χ1v) is 6.22. The third-order valence-corrected chi connectivity index (χ3v) is 3.82. The van der Waals surface area contributed by atoms with E-state index in [2.05, 4.69) is 9.71 Å². The van der Waals surface area contributed by atoms with Crippen LogP contribution in [0.15, 0.2) is 21.4 Å². The van der Waals surface area contributed by atoms with E-state index in [1.54, 1.807) is 26.0 Å². The third-order valence-electron chi connectivity index (χ3n) is 2.34. The molecule has 1 aliphatic rings. The molecule has 6 nitrogen and oxygen atoms in total. The van der Waals surface area contributed by atoms with E-state index in [9.17, 15) is 13.2 Å². The Kier molecular flexibility index (Phi) is 2.43. The lowest BCUT2D eigenvalue weighted by Crippen LogP contribution is -2.29. The predicted octanol–water partition coefficient (Wildman–Crippen LogP) is 0.901. The summed E-state index contributed by atoms with van der Waals surface area (Å²) in [6.45, 7) is 3.44. The second-order valence-electron chi connectivity index (χ2n) is 3.80. The molecule has 1 aliphatic heterocycles. The van der Waals surface area contributed by atoms with Gasteiger partial charge in [-0.3, -0.25) is 0 Å². The van der Waals surface area contributed by atoms with Gasteiger partial charge in [-0.2, -0.15) is 8.42 Å². The highest BCUT2D eigenvalue weighted by atomic mass is 32.2. The highest BCUT2D eigenvalue weighted by molar-refractivity contribution is 7.90. The van der Waals surface area contributed by atoms with Gasteiger partial charge in [-0.05, 0) is 31.0 Å². The summed E-state index contributed by atoms with van der Waals surface area (Å²) in [6, 6.07) is 3.29. The Balaban J connectivity index is 2.74. The Bertz CT molecular complexity index is 647. The van der Waals surface area contributed by atoms with Gasteiger partial charge in [0.25, 0.3) is 10.0 Å². The van der Waals surface area contributed by atoms with Crippen LogP contribution in [0, 0.1) is 13.8 Å². The third kappa shape index (κ3) is 1.89. The molecule has 1 aromatic rings. The molecule has 0 saturated carbocycles. The van der Waals surface area contributed by atoms with Gasteiger partial charge in [0, 0.05) is 0 Å². The topological polar surface area (TPSA) is 95.8 Å². The fourth-order valence-corrected chi connectivity index (χ4v) is 3.11. The predicted molar refractivity (Wildman–Crippen MR) is 61.8 cm³/mol. The van der Waals surface area contributed by atoms with E-state index in [0.29, 0.717) is 5.56 Å². The van der Waals surface area contributed by atoms with E-state index >= 15 is 0 Å². The number of aryl methyl sites for hydroxylation is 2. The van der Waals surface area contributed by atoms with E-state index in [-0.39, 0.29) is 10.6 Å². The van der Waals surface area contributed by atoms with Crippen molar-refractivity contribution in [2.24, 2.45) is 4.40 Å². The summed E-state index contributed by atoms with van der Waals surface area (Å²) >= 11 is 0. The van der Waals surface area contributed by atoms with Crippen molar-refractivity contribution in [3.8, 4) is 0 Å². The maximum Gasteiger partial charge on any atom is 0.372 e. The Morgan fingerprint density at radius 3 is 2.59 bits per heavy atom. The fraction of sp³-hybridized carbons (Fsp3) is 0.200. The van der Waals surface area contributed by atoms with Gasteiger partial charge in [-0.15, -0.1) is 4.40 Å². The summed E-state index contributed by atoms with van der Waals surface area (Å²) in [5.74, 6) is -1.99. The number of carboxylic acid groups (broad SMARTS) is 1. The number of carboxylic acids is 1. The molecule has 1 heterocycles. The smallest absolute Gasteiger partial charge is 0.372 e. The first-order chi connectivity index (χ1) is 7.81. The fourth-order valence-electron chi connectivity index (χ4n) is 1.80. The molecule has 2 N–H and O–H groups in total. The van der Waals surface area contributed by atoms with Crippen LogP contribution in [-0.4, -0.2) is 25.3 Å². The number of amidine groups is 1. The van der Waals surface area contributed by atoms with Gasteiger partial charge >= 0.3 is 5.97 Å². The van der Waals surface area contributed by atoms with Gasteiger partial charge in [0.05, 0.1) is 5.69 Å². The lowest BCUT2D eigenvalue weighted by Gasteiger charge is -2.18. The van der Waals surface area contributed by atoms with Crippen LogP contribution in [0.2, 0.25) is 0 Å². The van der Waals surface area contributed by atoms with Crippen molar-refractivity contribution in [3.63, 3.8) is 0 Å². The summed E-state index contributed by atoms with van der Waals surface area (Å²) in [6.07, 6.45) is 0. The largest absolute Gasteiger partial charge is 0.475 e. The molecular formula is C10H10N2O4S. The number of nitrogens with zero attached hydrogens (tertiary/aromatic N) is 1. The number of carbonyl (C=O) groups is 1. The van der Waals surface area contributed by atoms with Crippen LogP contribution >= 0.6 is 0 Å². The summed E-state index contributed by atoms with van der Waals surface area (Å²) < 4.78 is 26.9. The highest BCUT2D eigenvalue weighted by Gasteiger charge is 2.29. The van der Waals surface area contributed by atoms with E-state index in [1.165, 1.54) is 0 Å². The number of fused-ring (bicyclic) bond motifs is 1. The molecule has 0 fully saturated rings. The number of hydrogen-bond donors (Lipinski definition) is 2. The number of nitrogens with one attached hydrogen (secondary N) is 1. The van der Waals surface area contributed by atoms with Gasteiger partial charge in [0.15, 0.2) is 0 Å². The van der Waals surface area contributed by atoms with Crippen LogP contribution in [0.4, 0.5) is 5.69 Å². The molecule has 0 spiro atoms. The average Bonchev–Trinajstić information content (AvgIpc) is 2.13. The molecule has 7 heteroatoms. The monoisotopic (exact) mass is 254 g/mol. The average molecular weight is 254 g/mol. The standard InChI is InChI=1S/C10H10N2O4S/c1-5-3-6(2)8-7(4-5)11-9(10(13)14)12-17(8,15)16/h3-4H,1-2H3,(H,11,12)(H,13,14). The maximum absolute atomic E-state index is 11.8. The van der Waals surface area contributed by atoms with Crippen LogP contribution in [0.1, 0.15) is 11.1 Å². The Morgan fingerprint density at radius 2 is 2.00 bits per heavy atom. The first-order valence-electron chi connectivity index (χ1n) is 4.78. The number of anilines is 1. The van der Waals surface area contributed by atoms with E-state index in [4.69, 9.17) is 5.11 Å². The molecule has 1 aromatic carbocycles. The minimum Gasteiger partial charge on any atom is -0.475 e. The molecule has 0 radical (unpaired) electrons. The van der Waals surface area contributed by atoms with Crippen molar-refractivity contribution in [1.29, 1.82) is 0 Å². The molecule has 0 aromatic heterocycles. The zero-order chi connectivity index (χ0) is 12.8. The number of hydrogen-bond acceptors (Lipinski definition) is 4. The number of benzene rings is 1. The van der Waals surface area contributed by atoms with Crippen LogP contribution in [0.5, 0.6) is 0 Å². The Labute approximate surface area is 98.0 Å². The van der Waals surface area contributed by atoms with Crippen LogP contribution in [0.25, 0.3) is 0 Å². The molecule has 0 amide bonds. The zero-order valence-electron chi connectivity index (χ0n) is 9.18. The summed E-state index contributed by atoms with van der Waals surface area (Å²) in [5.41, 5.74) is 1.64. The normalized spacial score (nSPS) is 16.7. The lowest BCUT2D eigenvalue weighted by atomic mass is 10.1. The number of rotatable bonds is 1. The van der Waals surface area contributed by atoms with Gasteiger partial charge in [0.1, 0.15) is 4.90 Å². The van der Waals surface area contributed by atoms with Crippen LogP contribution in [0.3, 0.4) is 0 Å². The summed E-state index contributed by atoms with van der Waals surface area (Å²) in [7, 11) is -3.94. The quantitative estimate of drug-likeness (QED) is 0.776. The molecule has 0 bridgehead atoms. The van der Waals surface area contributed by atoms with Crippen molar-refractivity contribution in [1.82, 2.24) is 0 Å². The molecule has 2 rings (SSSR count). The van der Waals surface area contributed by atoms with Crippen molar-refractivity contribution < 1.29 is 18.3 Å². The van der Waals surface area contributed by atoms with Crippen LogP contribution < -0.4 is 5.32 Å². The Hall–Kier alpha value is -1.89. The van der Waals surface area contributed by atoms with Crippen molar-refractivity contribution >= 4 is 27.5 Å².